The molecule has 0 aliphatic rings. The maximum atomic E-state index is 14.1. The highest BCUT2D eigenvalue weighted by atomic mass is 35.5. The van der Waals surface area contributed by atoms with E-state index in [1.54, 1.807) is 24.3 Å². The summed E-state index contributed by atoms with van der Waals surface area (Å²) in [5.41, 5.74) is 1.22. The molecule has 1 aromatic heterocycles. The maximum absolute atomic E-state index is 14.1. The number of nitrogens with zero attached hydrogens (tertiary/aromatic N) is 1. The Kier molecular flexibility index (Phi) is 6.60. The van der Waals surface area contributed by atoms with Crippen LogP contribution in [0, 0.1) is 5.82 Å². The Balaban J connectivity index is 2.22. The first-order valence-corrected chi connectivity index (χ1v) is 9.19. The molecule has 0 aliphatic carbocycles. The number of aromatic nitrogens is 1. The molecule has 0 saturated heterocycles. The summed E-state index contributed by atoms with van der Waals surface area (Å²) in [6.07, 6.45) is 3.05. The lowest BCUT2D eigenvalue weighted by Gasteiger charge is -2.27. The predicted octanol–water partition coefficient (Wildman–Crippen LogP) is 5.42. The fourth-order valence-corrected chi connectivity index (χ4v) is 3.40. The molecule has 2 atom stereocenters. The predicted molar refractivity (Wildman–Crippen MR) is 102 cm³/mol. The first kappa shape index (κ1) is 19.1. The second-order valence-corrected chi connectivity index (χ2v) is 7.32. The number of halogens is 2. The van der Waals surface area contributed by atoms with Crippen molar-refractivity contribution in [2.45, 2.75) is 52.1 Å². The Morgan fingerprint density at radius 1 is 1.25 bits per heavy atom. The minimum atomic E-state index is -0.340. The van der Waals surface area contributed by atoms with Crippen LogP contribution in [0.25, 0.3) is 0 Å². The molecule has 0 spiro atoms. The Hall–Kier alpha value is -1.18. The van der Waals surface area contributed by atoms with Crippen LogP contribution in [-0.2, 0) is 12.0 Å². The summed E-state index contributed by atoms with van der Waals surface area (Å²) in [4.78, 5) is 4.56. The standard InChI is InChI=1S/C19H24ClFNOP/c1-4-10-19(3,5-2)18-9-7-14(21)15(22-18)12-23-16-8-6-13(20)11-17(16)24/h6-9,11H,4-5,10,12,24H2,1-3H3/t19-/m0/s1. The average molecular weight is 368 g/mol. The van der Waals surface area contributed by atoms with E-state index in [4.69, 9.17) is 16.3 Å². The van der Waals surface area contributed by atoms with E-state index >= 15 is 0 Å². The van der Waals surface area contributed by atoms with Gasteiger partial charge in [-0.2, -0.15) is 0 Å². The third kappa shape index (κ3) is 4.46. The minimum absolute atomic E-state index is 0.0385. The van der Waals surface area contributed by atoms with Crippen LogP contribution in [0.5, 0.6) is 5.75 Å². The molecule has 24 heavy (non-hydrogen) atoms. The maximum Gasteiger partial charge on any atom is 0.148 e. The van der Waals surface area contributed by atoms with Gasteiger partial charge < -0.3 is 4.74 Å². The summed E-state index contributed by atoms with van der Waals surface area (Å²) in [5.74, 6) is 0.316. The summed E-state index contributed by atoms with van der Waals surface area (Å²) in [7, 11) is 2.57. The van der Waals surface area contributed by atoms with Gasteiger partial charge in [0.1, 0.15) is 23.9 Å². The van der Waals surface area contributed by atoms with Gasteiger partial charge in [0.05, 0.1) is 0 Å². The first-order chi connectivity index (χ1) is 11.4. The quantitative estimate of drug-likeness (QED) is 0.609. The van der Waals surface area contributed by atoms with Gasteiger partial charge in [-0.1, -0.05) is 38.8 Å². The van der Waals surface area contributed by atoms with E-state index in [0.29, 0.717) is 16.5 Å². The highest BCUT2D eigenvalue weighted by Crippen LogP contribution is 2.31. The summed E-state index contributed by atoms with van der Waals surface area (Å²) in [6, 6.07) is 8.60. The molecule has 1 unspecified atom stereocenters. The lowest BCUT2D eigenvalue weighted by molar-refractivity contribution is 0.294. The molecule has 5 heteroatoms. The average Bonchev–Trinajstić information content (AvgIpc) is 2.55. The van der Waals surface area contributed by atoms with Gasteiger partial charge in [-0.25, -0.2) is 4.39 Å². The number of rotatable bonds is 7. The molecule has 0 bridgehead atoms. The van der Waals surface area contributed by atoms with Crippen LogP contribution in [0.4, 0.5) is 4.39 Å². The third-order valence-corrected chi connectivity index (χ3v) is 5.14. The molecule has 0 aliphatic heterocycles. The van der Waals surface area contributed by atoms with E-state index in [1.807, 2.05) is 0 Å². The lowest BCUT2D eigenvalue weighted by atomic mass is 9.79. The van der Waals surface area contributed by atoms with Crippen LogP contribution in [0.1, 0.15) is 51.4 Å². The number of ether oxygens (including phenoxy) is 1. The van der Waals surface area contributed by atoms with Crippen LogP contribution < -0.4 is 10.0 Å². The van der Waals surface area contributed by atoms with Crippen LogP contribution in [0.3, 0.4) is 0 Å². The lowest BCUT2D eigenvalue weighted by Crippen LogP contribution is -2.23. The molecule has 0 saturated carbocycles. The topological polar surface area (TPSA) is 22.1 Å². The zero-order chi connectivity index (χ0) is 17.7. The highest BCUT2D eigenvalue weighted by Gasteiger charge is 2.26. The van der Waals surface area contributed by atoms with Gasteiger partial charge in [-0.15, -0.1) is 9.24 Å². The second-order valence-electron chi connectivity index (χ2n) is 6.26. The SMILES string of the molecule is CCC[C@](C)(CC)c1ccc(F)c(COc2ccc(Cl)cc2P)n1. The molecule has 1 heterocycles. The molecule has 0 fully saturated rings. The molecule has 130 valence electrons. The minimum Gasteiger partial charge on any atom is -0.487 e. The number of hydrogen-bond donors (Lipinski definition) is 0. The monoisotopic (exact) mass is 367 g/mol. The number of pyridine rings is 1. The summed E-state index contributed by atoms with van der Waals surface area (Å²) in [6.45, 7) is 6.57. The highest BCUT2D eigenvalue weighted by molar-refractivity contribution is 7.27. The van der Waals surface area contributed by atoms with Crippen molar-refractivity contribution < 1.29 is 9.13 Å². The Bertz CT molecular complexity index is 710. The van der Waals surface area contributed by atoms with Crippen LogP contribution in [0.2, 0.25) is 5.02 Å². The summed E-state index contributed by atoms with van der Waals surface area (Å²) in [5, 5.41) is 1.47. The zero-order valence-corrected chi connectivity index (χ0v) is 16.3. The van der Waals surface area contributed by atoms with Gasteiger partial charge in [0.15, 0.2) is 0 Å². The molecule has 1 aromatic carbocycles. The zero-order valence-electron chi connectivity index (χ0n) is 14.4. The van der Waals surface area contributed by atoms with E-state index in [0.717, 1.165) is 30.3 Å². The Morgan fingerprint density at radius 3 is 2.62 bits per heavy atom. The van der Waals surface area contributed by atoms with Crippen molar-refractivity contribution in [1.29, 1.82) is 0 Å². The molecule has 0 N–H and O–H groups in total. The van der Waals surface area contributed by atoms with E-state index in [2.05, 4.69) is 35.0 Å². The van der Waals surface area contributed by atoms with Gasteiger partial charge in [0, 0.05) is 21.4 Å². The van der Waals surface area contributed by atoms with Crippen molar-refractivity contribution in [3.8, 4) is 5.75 Å². The fourth-order valence-electron chi connectivity index (χ4n) is 2.76. The molecule has 0 radical (unpaired) electrons. The first-order valence-electron chi connectivity index (χ1n) is 8.23. The van der Waals surface area contributed by atoms with Crippen molar-refractivity contribution in [3.63, 3.8) is 0 Å². The van der Waals surface area contributed by atoms with Crippen LogP contribution in [0.15, 0.2) is 30.3 Å². The van der Waals surface area contributed by atoms with Gasteiger partial charge in [0.2, 0.25) is 0 Å². The third-order valence-electron chi connectivity index (χ3n) is 4.46. The van der Waals surface area contributed by atoms with E-state index in [-0.39, 0.29) is 17.8 Å². The molecule has 2 aromatic rings. The molecule has 0 amide bonds. The smallest absolute Gasteiger partial charge is 0.148 e. The Labute approximate surface area is 151 Å². The Morgan fingerprint density at radius 2 is 2.00 bits per heavy atom. The van der Waals surface area contributed by atoms with Crippen molar-refractivity contribution in [2.75, 3.05) is 0 Å². The van der Waals surface area contributed by atoms with Gasteiger partial charge >= 0.3 is 0 Å². The molecule has 2 rings (SSSR count). The molecular weight excluding hydrogens is 344 g/mol. The van der Waals surface area contributed by atoms with Crippen LogP contribution in [-0.4, -0.2) is 4.98 Å². The van der Waals surface area contributed by atoms with Crippen molar-refractivity contribution in [2.24, 2.45) is 0 Å². The van der Waals surface area contributed by atoms with Crippen molar-refractivity contribution in [1.82, 2.24) is 4.98 Å². The number of hydrogen-bond acceptors (Lipinski definition) is 2. The molecule has 2 nitrogen and oxygen atoms in total. The second kappa shape index (κ2) is 8.27. The van der Waals surface area contributed by atoms with E-state index in [9.17, 15) is 4.39 Å². The number of benzene rings is 1. The van der Waals surface area contributed by atoms with Gasteiger partial charge in [0.25, 0.3) is 0 Å². The van der Waals surface area contributed by atoms with Gasteiger partial charge in [-0.05, 0) is 43.2 Å². The fraction of sp³-hybridized carbons (Fsp3) is 0.421. The largest absolute Gasteiger partial charge is 0.487 e. The van der Waals surface area contributed by atoms with E-state index in [1.165, 1.54) is 6.07 Å². The molecular formula is C19H24ClFNOP. The van der Waals surface area contributed by atoms with Crippen molar-refractivity contribution >= 4 is 26.1 Å². The summed E-state index contributed by atoms with van der Waals surface area (Å²) < 4.78 is 19.9. The van der Waals surface area contributed by atoms with Gasteiger partial charge in [-0.3, -0.25) is 4.98 Å². The van der Waals surface area contributed by atoms with Crippen molar-refractivity contribution in [3.05, 3.63) is 52.6 Å². The normalized spacial score (nSPS) is 13.6. The van der Waals surface area contributed by atoms with E-state index < -0.39 is 0 Å². The van der Waals surface area contributed by atoms with Crippen LogP contribution >= 0.6 is 20.8 Å². The summed E-state index contributed by atoms with van der Waals surface area (Å²) >= 11 is 5.93.